The summed E-state index contributed by atoms with van der Waals surface area (Å²) < 4.78 is 25.6. The number of hydrogen-bond donors (Lipinski definition) is 1. The van der Waals surface area contributed by atoms with Gasteiger partial charge in [-0.2, -0.15) is 0 Å². The summed E-state index contributed by atoms with van der Waals surface area (Å²) in [6, 6.07) is 17.2. The lowest BCUT2D eigenvalue weighted by Gasteiger charge is -2.22. The maximum atomic E-state index is 12.1. The minimum absolute atomic E-state index is 0.0800. The van der Waals surface area contributed by atoms with Crippen molar-refractivity contribution >= 4 is 21.6 Å². The van der Waals surface area contributed by atoms with E-state index in [0.29, 0.717) is 18.7 Å². The number of nitrogens with zero attached hydrogens (tertiary/aromatic N) is 1. The quantitative estimate of drug-likeness (QED) is 0.733. The van der Waals surface area contributed by atoms with Crippen molar-refractivity contribution < 1.29 is 13.2 Å². The summed E-state index contributed by atoms with van der Waals surface area (Å²) in [5.41, 5.74) is 2.83. The fourth-order valence-corrected chi connectivity index (χ4v) is 3.62. The molecule has 0 bridgehead atoms. The first-order valence-electron chi connectivity index (χ1n) is 8.77. The summed E-state index contributed by atoms with van der Waals surface area (Å²) in [5.74, 6) is -0.0800. The smallest absolute Gasteiger partial charge is 0.232 e. The van der Waals surface area contributed by atoms with Gasteiger partial charge in [-0.25, -0.2) is 8.42 Å². The number of benzene rings is 2. The van der Waals surface area contributed by atoms with Crippen molar-refractivity contribution in [1.82, 2.24) is 5.32 Å². The van der Waals surface area contributed by atoms with E-state index in [1.165, 1.54) is 10.6 Å². The van der Waals surface area contributed by atoms with Crippen molar-refractivity contribution in [2.75, 3.05) is 17.1 Å². The zero-order valence-electron chi connectivity index (χ0n) is 15.3. The van der Waals surface area contributed by atoms with Crippen LogP contribution in [0.5, 0.6) is 0 Å². The maximum Gasteiger partial charge on any atom is 0.232 e. The highest BCUT2D eigenvalue weighted by Gasteiger charge is 2.17. The molecule has 0 aliphatic heterocycles. The van der Waals surface area contributed by atoms with E-state index in [9.17, 15) is 13.2 Å². The van der Waals surface area contributed by atoms with E-state index in [4.69, 9.17) is 0 Å². The molecular weight excluding hydrogens is 348 g/mol. The molecule has 26 heavy (non-hydrogen) atoms. The van der Waals surface area contributed by atoms with Crippen LogP contribution in [0.25, 0.3) is 0 Å². The van der Waals surface area contributed by atoms with Gasteiger partial charge in [-0.1, -0.05) is 49.4 Å². The van der Waals surface area contributed by atoms with Gasteiger partial charge in [-0.15, -0.1) is 0 Å². The predicted octanol–water partition coefficient (Wildman–Crippen LogP) is 3.11. The van der Waals surface area contributed by atoms with Gasteiger partial charge in [0.2, 0.25) is 15.9 Å². The van der Waals surface area contributed by atoms with Gasteiger partial charge < -0.3 is 5.32 Å². The topological polar surface area (TPSA) is 66.5 Å². The molecule has 2 aromatic rings. The summed E-state index contributed by atoms with van der Waals surface area (Å²) in [4.78, 5) is 12.0. The predicted molar refractivity (Wildman–Crippen MR) is 106 cm³/mol. The highest BCUT2D eigenvalue weighted by Crippen LogP contribution is 2.19. The molecule has 0 aliphatic rings. The van der Waals surface area contributed by atoms with E-state index >= 15 is 0 Å². The first-order chi connectivity index (χ1) is 12.4. The van der Waals surface area contributed by atoms with E-state index in [0.717, 1.165) is 17.5 Å². The average Bonchev–Trinajstić information content (AvgIpc) is 2.63. The molecule has 0 aliphatic carbocycles. The number of carbonyl (C=O) groups is 1. The first kappa shape index (κ1) is 20.0. The molecule has 0 aromatic heterocycles. The van der Waals surface area contributed by atoms with Crippen LogP contribution in [0.2, 0.25) is 0 Å². The zero-order valence-corrected chi connectivity index (χ0v) is 16.1. The second-order valence-corrected chi connectivity index (χ2v) is 8.13. The number of aryl methyl sites for hydroxylation is 1. The SMILES string of the molecule is CCc1ccc(N(CCCC(=O)NCc2ccccc2)S(C)(=O)=O)cc1. The number of nitrogens with one attached hydrogen (secondary N) is 1. The summed E-state index contributed by atoms with van der Waals surface area (Å²) >= 11 is 0. The second kappa shape index (κ2) is 9.38. The minimum atomic E-state index is -3.39. The zero-order chi connectivity index (χ0) is 19.0. The number of rotatable bonds is 9. The van der Waals surface area contributed by atoms with Crippen LogP contribution < -0.4 is 9.62 Å². The number of anilines is 1. The number of carbonyl (C=O) groups excluding carboxylic acids is 1. The third kappa shape index (κ3) is 6.19. The molecule has 0 spiro atoms. The third-order valence-corrected chi connectivity index (χ3v) is 5.32. The number of amides is 1. The van der Waals surface area contributed by atoms with Crippen LogP contribution in [0.1, 0.15) is 30.9 Å². The molecule has 0 radical (unpaired) electrons. The fraction of sp³-hybridized carbons (Fsp3) is 0.350. The van der Waals surface area contributed by atoms with Gasteiger partial charge in [0.05, 0.1) is 11.9 Å². The van der Waals surface area contributed by atoms with Gasteiger partial charge in [-0.3, -0.25) is 9.10 Å². The summed E-state index contributed by atoms with van der Waals surface area (Å²) in [5, 5.41) is 2.86. The van der Waals surface area contributed by atoms with E-state index in [-0.39, 0.29) is 18.9 Å². The molecule has 0 unspecified atom stereocenters. The third-order valence-electron chi connectivity index (χ3n) is 4.13. The molecule has 1 N–H and O–H groups in total. The molecule has 2 rings (SSSR count). The van der Waals surface area contributed by atoms with Crippen LogP contribution in [0.4, 0.5) is 5.69 Å². The molecule has 2 aromatic carbocycles. The van der Waals surface area contributed by atoms with Crippen LogP contribution in [0, 0.1) is 0 Å². The monoisotopic (exact) mass is 374 g/mol. The van der Waals surface area contributed by atoms with Crippen LogP contribution in [-0.4, -0.2) is 27.1 Å². The van der Waals surface area contributed by atoms with Crippen LogP contribution in [0.3, 0.4) is 0 Å². The van der Waals surface area contributed by atoms with E-state index in [1.807, 2.05) is 54.6 Å². The second-order valence-electron chi connectivity index (χ2n) is 6.22. The Morgan fingerprint density at radius 2 is 1.65 bits per heavy atom. The lowest BCUT2D eigenvalue weighted by atomic mass is 10.1. The maximum absolute atomic E-state index is 12.1. The highest BCUT2D eigenvalue weighted by atomic mass is 32.2. The number of hydrogen-bond acceptors (Lipinski definition) is 3. The van der Waals surface area contributed by atoms with Crippen molar-refractivity contribution in [3.8, 4) is 0 Å². The minimum Gasteiger partial charge on any atom is -0.352 e. The molecule has 0 fully saturated rings. The number of sulfonamides is 1. The summed E-state index contributed by atoms with van der Waals surface area (Å²) in [7, 11) is -3.39. The normalized spacial score (nSPS) is 11.2. The molecule has 140 valence electrons. The average molecular weight is 375 g/mol. The first-order valence-corrected chi connectivity index (χ1v) is 10.6. The highest BCUT2D eigenvalue weighted by molar-refractivity contribution is 7.92. The van der Waals surface area contributed by atoms with Crippen molar-refractivity contribution in [3.63, 3.8) is 0 Å². The van der Waals surface area contributed by atoms with Gasteiger partial charge >= 0.3 is 0 Å². The van der Waals surface area contributed by atoms with Gasteiger partial charge in [0.15, 0.2) is 0 Å². The Morgan fingerprint density at radius 1 is 1.00 bits per heavy atom. The Morgan fingerprint density at radius 3 is 2.23 bits per heavy atom. The Bertz CT molecular complexity index is 803. The van der Waals surface area contributed by atoms with E-state index in [2.05, 4.69) is 12.2 Å². The Labute approximate surface area is 156 Å². The van der Waals surface area contributed by atoms with Crippen molar-refractivity contribution in [2.24, 2.45) is 0 Å². The van der Waals surface area contributed by atoms with Crippen LogP contribution in [0.15, 0.2) is 54.6 Å². The van der Waals surface area contributed by atoms with Crippen molar-refractivity contribution in [2.45, 2.75) is 32.7 Å². The van der Waals surface area contributed by atoms with Gasteiger partial charge in [0, 0.05) is 19.5 Å². The van der Waals surface area contributed by atoms with Crippen molar-refractivity contribution in [1.29, 1.82) is 0 Å². The summed E-state index contributed by atoms with van der Waals surface area (Å²) in [6.07, 6.45) is 2.84. The van der Waals surface area contributed by atoms with Gasteiger partial charge in [0.1, 0.15) is 0 Å². The van der Waals surface area contributed by atoms with Gasteiger partial charge in [-0.05, 0) is 36.1 Å². The van der Waals surface area contributed by atoms with E-state index < -0.39 is 10.0 Å². The molecule has 0 atom stereocenters. The molecule has 0 saturated carbocycles. The lowest BCUT2D eigenvalue weighted by Crippen LogP contribution is -2.32. The molecule has 6 heteroatoms. The molecule has 0 saturated heterocycles. The van der Waals surface area contributed by atoms with E-state index in [1.54, 1.807) is 0 Å². The molecule has 1 amide bonds. The van der Waals surface area contributed by atoms with Gasteiger partial charge in [0.25, 0.3) is 0 Å². The fourth-order valence-electron chi connectivity index (χ4n) is 2.65. The Balaban J connectivity index is 1.88. The van der Waals surface area contributed by atoms with Crippen LogP contribution >= 0.6 is 0 Å². The van der Waals surface area contributed by atoms with Crippen LogP contribution in [-0.2, 0) is 27.8 Å². The Hall–Kier alpha value is -2.34. The molecular formula is C20H26N2O3S. The van der Waals surface area contributed by atoms with Crippen molar-refractivity contribution in [3.05, 3.63) is 65.7 Å². The molecule has 5 nitrogen and oxygen atoms in total. The largest absolute Gasteiger partial charge is 0.352 e. The standard InChI is InChI=1S/C20H26N2O3S/c1-3-17-11-13-19(14-12-17)22(26(2,24)25)15-7-10-20(23)21-16-18-8-5-4-6-9-18/h4-6,8-9,11-14H,3,7,10,15-16H2,1-2H3,(H,21,23). The summed E-state index contributed by atoms with van der Waals surface area (Å²) in [6.45, 7) is 2.81. The molecule has 0 heterocycles. The lowest BCUT2D eigenvalue weighted by molar-refractivity contribution is -0.121. The Kier molecular flexibility index (Phi) is 7.21.